The average Bonchev–Trinajstić information content (AvgIpc) is 2.58. The number of aromatic nitrogens is 2. The second-order valence-corrected chi connectivity index (χ2v) is 5.26. The Balaban J connectivity index is 2.27. The molecule has 2 rings (SSSR count). The third-order valence-corrected chi connectivity index (χ3v) is 3.45. The Morgan fingerprint density at radius 1 is 1.33 bits per heavy atom. The van der Waals surface area contributed by atoms with Crippen LogP contribution in [0.2, 0.25) is 0 Å². The summed E-state index contributed by atoms with van der Waals surface area (Å²) in [4.78, 5) is 0. The molecular weight excluding hydrogens is 320 g/mol. The van der Waals surface area contributed by atoms with E-state index in [9.17, 15) is 0 Å². The molecule has 0 saturated heterocycles. The maximum atomic E-state index is 3.55. The van der Waals surface area contributed by atoms with E-state index in [0.717, 1.165) is 15.5 Å². The zero-order valence-corrected chi connectivity index (χ0v) is 11.5. The second-order valence-electron chi connectivity index (χ2n) is 3.49. The number of rotatable bonds is 2. The topological polar surface area (TPSA) is 8.81 Å². The molecule has 1 aromatic carbocycles. The van der Waals surface area contributed by atoms with Gasteiger partial charge < -0.3 is 0 Å². The van der Waals surface area contributed by atoms with Crippen molar-refractivity contribution in [3.8, 4) is 0 Å². The summed E-state index contributed by atoms with van der Waals surface area (Å²) >= 11 is 7.03. The fourth-order valence-electron chi connectivity index (χ4n) is 1.46. The van der Waals surface area contributed by atoms with E-state index in [1.54, 1.807) is 0 Å². The first kappa shape index (κ1) is 10.9. The lowest BCUT2D eigenvalue weighted by molar-refractivity contribution is -0.671. The molecule has 0 saturated carbocycles. The minimum absolute atomic E-state index is 0.876. The number of halogens is 2. The highest BCUT2D eigenvalue weighted by Crippen LogP contribution is 2.22. The van der Waals surface area contributed by atoms with Gasteiger partial charge in [0, 0.05) is 14.5 Å². The van der Waals surface area contributed by atoms with Gasteiger partial charge in [0.2, 0.25) is 6.33 Å². The minimum Gasteiger partial charge on any atom is -0.240 e. The zero-order chi connectivity index (χ0) is 10.8. The van der Waals surface area contributed by atoms with Crippen molar-refractivity contribution in [3.05, 3.63) is 51.4 Å². The molecule has 0 aliphatic heterocycles. The van der Waals surface area contributed by atoms with Gasteiger partial charge in [0.05, 0.1) is 7.05 Å². The lowest BCUT2D eigenvalue weighted by Crippen LogP contribution is -2.23. The highest BCUT2D eigenvalue weighted by molar-refractivity contribution is 9.11. The summed E-state index contributed by atoms with van der Waals surface area (Å²) in [5.74, 6) is 0. The monoisotopic (exact) mass is 329 g/mol. The van der Waals surface area contributed by atoms with Gasteiger partial charge in [-0.3, -0.25) is 0 Å². The van der Waals surface area contributed by atoms with Gasteiger partial charge in [-0.15, -0.1) is 0 Å². The van der Waals surface area contributed by atoms with Crippen LogP contribution in [-0.4, -0.2) is 4.57 Å². The van der Waals surface area contributed by atoms with Crippen LogP contribution in [0.4, 0.5) is 0 Å². The molecule has 0 aliphatic carbocycles. The summed E-state index contributed by atoms with van der Waals surface area (Å²) in [7, 11) is 2.02. The Kier molecular flexibility index (Phi) is 3.26. The maximum Gasteiger partial charge on any atom is 0.243 e. The van der Waals surface area contributed by atoms with Crippen LogP contribution >= 0.6 is 31.9 Å². The van der Waals surface area contributed by atoms with Gasteiger partial charge in [-0.2, -0.15) is 0 Å². The summed E-state index contributed by atoms with van der Waals surface area (Å²) in [6.07, 6.45) is 6.16. The largest absolute Gasteiger partial charge is 0.243 e. The fraction of sp³-hybridized carbons (Fsp3) is 0.182. The molecule has 0 radical (unpaired) electrons. The molecule has 0 N–H and O–H groups in total. The predicted molar refractivity (Wildman–Crippen MR) is 66.6 cm³/mol. The molecular formula is C11H11Br2N2+. The van der Waals surface area contributed by atoms with Crippen molar-refractivity contribution < 1.29 is 4.57 Å². The zero-order valence-electron chi connectivity index (χ0n) is 8.32. The molecule has 1 aromatic heterocycles. The van der Waals surface area contributed by atoms with Crippen molar-refractivity contribution in [2.24, 2.45) is 7.05 Å². The Labute approximate surface area is 106 Å². The van der Waals surface area contributed by atoms with Crippen molar-refractivity contribution in [2.45, 2.75) is 6.54 Å². The second kappa shape index (κ2) is 4.49. The summed E-state index contributed by atoms with van der Waals surface area (Å²) in [5.41, 5.74) is 1.26. The first-order chi connectivity index (χ1) is 7.15. The predicted octanol–water partition coefficient (Wildman–Crippen LogP) is 2.89. The molecule has 2 aromatic rings. The van der Waals surface area contributed by atoms with Crippen LogP contribution in [-0.2, 0) is 13.6 Å². The van der Waals surface area contributed by atoms with Crippen LogP contribution in [0, 0.1) is 0 Å². The molecule has 0 aliphatic rings. The lowest BCUT2D eigenvalue weighted by Gasteiger charge is -2.02. The maximum absolute atomic E-state index is 3.55. The highest BCUT2D eigenvalue weighted by atomic mass is 79.9. The van der Waals surface area contributed by atoms with Gasteiger partial charge in [0.25, 0.3) is 0 Å². The molecule has 0 fully saturated rings. The Bertz CT molecular complexity index is 477. The van der Waals surface area contributed by atoms with Gasteiger partial charge in [0.1, 0.15) is 18.9 Å². The highest BCUT2D eigenvalue weighted by Gasteiger charge is 2.05. The lowest BCUT2D eigenvalue weighted by atomic mass is 10.2. The van der Waals surface area contributed by atoms with Crippen LogP contribution in [0.5, 0.6) is 0 Å². The first-order valence-electron chi connectivity index (χ1n) is 4.60. The fourth-order valence-corrected chi connectivity index (χ4v) is 2.24. The third kappa shape index (κ3) is 2.69. The molecule has 78 valence electrons. The Morgan fingerprint density at radius 2 is 2.13 bits per heavy atom. The Morgan fingerprint density at radius 3 is 2.80 bits per heavy atom. The van der Waals surface area contributed by atoms with Crippen molar-refractivity contribution in [2.75, 3.05) is 0 Å². The smallest absolute Gasteiger partial charge is 0.240 e. The van der Waals surface area contributed by atoms with Crippen LogP contribution in [0.1, 0.15) is 5.56 Å². The number of benzene rings is 1. The van der Waals surface area contributed by atoms with Crippen LogP contribution in [0.3, 0.4) is 0 Å². The van der Waals surface area contributed by atoms with E-state index in [2.05, 4.69) is 61.1 Å². The summed E-state index contributed by atoms with van der Waals surface area (Å²) in [6.45, 7) is 0.876. The summed E-state index contributed by atoms with van der Waals surface area (Å²) in [6, 6.07) is 6.22. The van der Waals surface area contributed by atoms with Crippen LogP contribution < -0.4 is 4.57 Å². The molecule has 0 unspecified atom stereocenters. The molecule has 4 heteroatoms. The number of hydrogen-bond acceptors (Lipinski definition) is 0. The first-order valence-corrected chi connectivity index (χ1v) is 6.19. The molecule has 2 nitrogen and oxygen atoms in total. The van der Waals surface area contributed by atoms with E-state index in [1.807, 2.05) is 23.9 Å². The normalized spacial score (nSPS) is 10.6. The van der Waals surface area contributed by atoms with Crippen LogP contribution in [0.25, 0.3) is 0 Å². The summed E-state index contributed by atoms with van der Waals surface area (Å²) in [5, 5.41) is 0. The molecule has 15 heavy (non-hydrogen) atoms. The standard InChI is InChI=1S/C11H11Br2N2/c1-14-4-5-15(8-14)7-9-6-10(12)2-3-11(9)13/h2-6,8H,7H2,1H3/q+1. The van der Waals surface area contributed by atoms with Gasteiger partial charge in [-0.1, -0.05) is 31.9 Å². The molecule has 0 atom stereocenters. The SMILES string of the molecule is C[n+]1ccn(Cc2cc(Br)ccc2Br)c1. The minimum atomic E-state index is 0.876. The third-order valence-electron chi connectivity index (χ3n) is 2.18. The molecule has 0 amide bonds. The number of aryl methyl sites for hydroxylation is 1. The van der Waals surface area contributed by atoms with E-state index in [0.29, 0.717) is 0 Å². The number of imidazole rings is 1. The van der Waals surface area contributed by atoms with Crippen molar-refractivity contribution in [3.63, 3.8) is 0 Å². The van der Waals surface area contributed by atoms with Gasteiger partial charge >= 0.3 is 0 Å². The van der Waals surface area contributed by atoms with E-state index in [-0.39, 0.29) is 0 Å². The number of nitrogens with zero attached hydrogens (tertiary/aromatic N) is 2. The average molecular weight is 331 g/mol. The van der Waals surface area contributed by atoms with Gasteiger partial charge in [0.15, 0.2) is 0 Å². The van der Waals surface area contributed by atoms with Gasteiger partial charge in [-0.05, 0) is 18.2 Å². The molecule has 0 spiro atoms. The number of hydrogen-bond donors (Lipinski definition) is 0. The van der Waals surface area contributed by atoms with E-state index >= 15 is 0 Å². The van der Waals surface area contributed by atoms with Crippen molar-refractivity contribution in [1.29, 1.82) is 0 Å². The van der Waals surface area contributed by atoms with E-state index in [1.165, 1.54) is 5.56 Å². The van der Waals surface area contributed by atoms with Crippen LogP contribution in [0.15, 0.2) is 45.9 Å². The van der Waals surface area contributed by atoms with Gasteiger partial charge in [-0.25, -0.2) is 9.13 Å². The Hall–Kier alpha value is -0.610. The molecule has 1 heterocycles. The van der Waals surface area contributed by atoms with Crippen molar-refractivity contribution in [1.82, 2.24) is 4.57 Å². The van der Waals surface area contributed by atoms with E-state index in [4.69, 9.17) is 0 Å². The summed E-state index contributed by atoms with van der Waals surface area (Å²) < 4.78 is 6.43. The molecule has 0 bridgehead atoms. The van der Waals surface area contributed by atoms with Crippen molar-refractivity contribution >= 4 is 31.9 Å². The quantitative estimate of drug-likeness (QED) is 0.749. The van der Waals surface area contributed by atoms with E-state index < -0.39 is 0 Å².